The van der Waals surface area contributed by atoms with Crippen molar-refractivity contribution in [2.75, 3.05) is 11.9 Å². The van der Waals surface area contributed by atoms with Crippen LogP contribution in [0.25, 0.3) is 0 Å². The fourth-order valence-corrected chi connectivity index (χ4v) is 3.62. The molecular formula is C16H29N3OS. The maximum absolute atomic E-state index is 6.01. The Morgan fingerprint density at radius 2 is 1.95 bits per heavy atom. The predicted molar refractivity (Wildman–Crippen MR) is 88.8 cm³/mol. The monoisotopic (exact) mass is 311 g/mol. The average Bonchev–Trinajstić information content (AvgIpc) is 2.79. The fourth-order valence-electron chi connectivity index (χ4n) is 2.61. The molecule has 1 saturated carbocycles. The van der Waals surface area contributed by atoms with E-state index in [1.54, 1.807) is 11.3 Å². The summed E-state index contributed by atoms with van der Waals surface area (Å²) in [7, 11) is 0. The Labute approximate surface area is 132 Å². The lowest BCUT2D eigenvalue weighted by Crippen LogP contribution is -2.58. The van der Waals surface area contributed by atoms with E-state index < -0.39 is 0 Å². The first kappa shape index (κ1) is 16.7. The van der Waals surface area contributed by atoms with E-state index in [2.05, 4.69) is 57.1 Å². The Morgan fingerprint density at radius 3 is 2.52 bits per heavy atom. The van der Waals surface area contributed by atoms with Crippen molar-refractivity contribution < 1.29 is 4.74 Å². The van der Waals surface area contributed by atoms with Gasteiger partial charge in [-0.2, -0.15) is 0 Å². The van der Waals surface area contributed by atoms with Crippen LogP contribution in [0.5, 0.6) is 0 Å². The number of nitrogens with one attached hydrogen (secondary N) is 1. The first-order valence-electron chi connectivity index (χ1n) is 7.99. The van der Waals surface area contributed by atoms with Crippen molar-refractivity contribution in [3.63, 3.8) is 0 Å². The number of nitrogens with zero attached hydrogens (tertiary/aromatic N) is 2. The van der Waals surface area contributed by atoms with Crippen molar-refractivity contribution in [3.05, 3.63) is 5.01 Å². The Kier molecular flexibility index (Phi) is 5.25. The third-order valence-corrected chi connectivity index (χ3v) is 5.03. The molecule has 4 nitrogen and oxygen atoms in total. The van der Waals surface area contributed by atoms with E-state index in [1.807, 2.05) is 0 Å². The second-order valence-electron chi connectivity index (χ2n) is 7.57. The summed E-state index contributed by atoms with van der Waals surface area (Å²) in [4.78, 5) is 0. The molecule has 21 heavy (non-hydrogen) atoms. The van der Waals surface area contributed by atoms with E-state index >= 15 is 0 Å². The molecule has 0 radical (unpaired) electrons. The van der Waals surface area contributed by atoms with Crippen LogP contribution in [-0.4, -0.2) is 29.0 Å². The van der Waals surface area contributed by atoms with Crippen molar-refractivity contribution in [1.82, 2.24) is 10.2 Å². The number of hydrogen-bond acceptors (Lipinski definition) is 5. The molecule has 2 atom stereocenters. The van der Waals surface area contributed by atoms with E-state index in [-0.39, 0.29) is 5.41 Å². The zero-order valence-electron chi connectivity index (χ0n) is 14.1. The van der Waals surface area contributed by atoms with Gasteiger partial charge in [0.05, 0.1) is 6.10 Å². The predicted octanol–water partition coefficient (Wildman–Crippen LogP) is 3.99. The van der Waals surface area contributed by atoms with Gasteiger partial charge in [0.15, 0.2) is 0 Å². The Morgan fingerprint density at radius 1 is 1.24 bits per heavy atom. The number of anilines is 1. The maximum Gasteiger partial charge on any atom is 0.205 e. The van der Waals surface area contributed by atoms with Crippen molar-refractivity contribution in [2.45, 2.75) is 66.5 Å². The fraction of sp³-hybridized carbons (Fsp3) is 0.875. The first-order chi connectivity index (χ1) is 9.79. The molecule has 1 aliphatic rings. The molecule has 1 fully saturated rings. The van der Waals surface area contributed by atoms with Crippen molar-refractivity contribution >= 4 is 16.5 Å². The van der Waals surface area contributed by atoms with Gasteiger partial charge in [-0.05, 0) is 18.3 Å². The summed E-state index contributed by atoms with van der Waals surface area (Å²) in [5.74, 6) is 1.22. The lowest BCUT2D eigenvalue weighted by atomic mass is 9.64. The molecule has 0 aliphatic heterocycles. The van der Waals surface area contributed by atoms with Crippen LogP contribution in [0.2, 0.25) is 0 Å². The SMILES string of the molecule is CC(C)COC1CC(Nc2nnc(CC(C)C)s2)C1(C)C. The van der Waals surface area contributed by atoms with Crippen LogP contribution >= 0.6 is 11.3 Å². The van der Waals surface area contributed by atoms with E-state index in [4.69, 9.17) is 4.74 Å². The largest absolute Gasteiger partial charge is 0.377 e. The maximum atomic E-state index is 6.01. The second-order valence-corrected chi connectivity index (χ2v) is 8.63. The van der Waals surface area contributed by atoms with Crippen molar-refractivity contribution in [3.8, 4) is 0 Å². The van der Waals surface area contributed by atoms with Gasteiger partial charge in [0.25, 0.3) is 0 Å². The van der Waals surface area contributed by atoms with Gasteiger partial charge in [0, 0.05) is 24.5 Å². The molecule has 1 N–H and O–H groups in total. The Hall–Kier alpha value is -0.680. The van der Waals surface area contributed by atoms with Crippen LogP contribution < -0.4 is 5.32 Å². The summed E-state index contributed by atoms with van der Waals surface area (Å²) in [6.07, 6.45) is 2.41. The van der Waals surface area contributed by atoms with Crippen LogP contribution in [0.4, 0.5) is 5.13 Å². The molecule has 0 amide bonds. The molecule has 0 aromatic carbocycles. The molecule has 0 saturated heterocycles. The summed E-state index contributed by atoms with van der Waals surface area (Å²) < 4.78 is 6.01. The lowest BCUT2D eigenvalue weighted by Gasteiger charge is -2.51. The van der Waals surface area contributed by atoms with Gasteiger partial charge >= 0.3 is 0 Å². The van der Waals surface area contributed by atoms with Gasteiger partial charge in [-0.1, -0.05) is 52.9 Å². The molecule has 1 aromatic heterocycles. The highest BCUT2D eigenvalue weighted by Crippen LogP contribution is 2.44. The average molecular weight is 311 g/mol. The van der Waals surface area contributed by atoms with Gasteiger partial charge in [0.2, 0.25) is 5.13 Å². The minimum atomic E-state index is 0.152. The summed E-state index contributed by atoms with van der Waals surface area (Å²) in [6.45, 7) is 14.2. The minimum absolute atomic E-state index is 0.152. The van der Waals surface area contributed by atoms with Gasteiger partial charge in [-0.15, -0.1) is 10.2 Å². The minimum Gasteiger partial charge on any atom is -0.377 e. The topological polar surface area (TPSA) is 47.0 Å². The number of rotatable bonds is 7. The highest BCUT2D eigenvalue weighted by Gasteiger charge is 2.49. The second kappa shape index (κ2) is 6.61. The molecule has 1 aliphatic carbocycles. The van der Waals surface area contributed by atoms with Gasteiger partial charge in [-0.25, -0.2) is 0 Å². The molecule has 0 bridgehead atoms. The molecule has 2 rings (SSSR count). The van der Waals surface area contributed by atoms with E-state index in [0.717, 1.165) is 29.6 Å². The molecule has 120 valence electrons. The molecule has 1 heterocycles. The Bertz CT molecular complexity index is 456. The van der Waals surface area contributed by atoms with Crippen molar-refractivity contribution in [1.29, 1.82) is 0 Å². The zero-order valence-corrected chi connectivity index (χ0v) is 15.0. The number of ether oxygens (including phenoxy) is 1. The van der Waals surface area contributed by atoms with E-state index in [0.29, 0.717) is 24.0 Å². The summed E-state index contributed by atoms with van der Waals surface area (Å²) in [6, 6.07) is 0.425. The van der Waals surface area contributed by atoms with Crippen LogP contribution in [0.1, 0.15) is 53.0 Å². The van der Waals surface area contributed by atoms with Gasteiger partial charge < -0.3 is 10.1 Å². The number of aromatic nitrogens is 2. The lowest BCUT2D eigenvalue weighted by molar-refractivity contribution is -0.108. The van der Waals surface area contributed by atoms with E-state index in [1.165, 1.54) is 0 Å². The molecule has 5 heteroatoms. The van der Waals surface area contributed by atoms with Gasteiger partial charge in [-0.3, -0.25) is 0 Å². The Balaban J connectivity index is 1.85. The van der Waals surface area contributed by atoms with Crippen LogP contribution in [0, 0.1) is 17.3 Å². The van der Waals surface area contributed by atoms with Crippen LogP contribution in [0.3, 0.4) is 0 Å². The number of hydrogen-bond donors (Lipinski definition) is 1. The van der Waals surface area contributed by atoms with Crippen molar-refractivity contribution in [2.24, 2.45) is 17.3 Å². The molecule has 2 unspecified atom stereocenters. The normalized spacial score (nSPS) is 24.4. The van der Waals surface area contributed by atoms with Crippen LogP contribution in [-0.2, 0) is 11.2 Å². The zero-order chi connectivity index (χ0) is 15.6. The smallest absolute Gasteiger partial charge is 0.205 e. The van der Waals surface area contributed by atoms with E-state index in [9.17, 15) is 0 Å². The third kappa shape index (κ3) is 4.16. The summed E-state index contributed by atoms with van der Waals surface area (Å²) in [5.41, 5.74) is 0.152. The van der Waals surface area contributed by atoms with Crippen LogP contribution in [0.15, 0.2) is 0 Å². The third-order valence-electron chi connectivity index (χ3n) is 4.16. The standard InChI is InChI=1S/C16H29N3OS/c1-10(2)7-14-18-19-15(21-14)17-12-8-13(16(12,5)6)20-9-11(3)4/h10-13H,7-9H2,1-6H3,(H,17,19). The quantitative estimate of drug-likeness (QED) is 0.827. The summed E-state index contributed by atoms with van der Waals surface area (Å²) >= 11 is 1.68. The molecule has 1 aromatic rings. The highest BCUT2D eigenvalue weighted by atomic mass is 32.1. The molecular weight excluding hydrogens is 282 g/mol. The highest BCUT2D eigenvalue weighted by molar-refractivity contribution is 7.15. The molecule has 0 spiro atoms. The summed E-state index contributed by atoms with van der Waals surface area (Å²) in [5, 5.41) is 14.2. The first-order valence-corrected chi connectivity index (χ1v) is 8.81. The van der Waals surface area contributed by atoms with Gasteiger partial charge in [0.1, 0.15) is 5.01 Å².